The molecule has 106 valence electrons. The van der Waals surface area contributed by atoms with Crippen LogP contribution >= 0.6 is 38.5 Å². The van der Waals surface area contributed by atoms with E-state index in [2.05, 4.69) is 43.9 Å². The van der Waals surface area contributed by atoms with Crippen molar-refractivity contribution in [3.8, 4) is 5.75 Å². The van der Waals surface area contributed by atoms with Crippen molar-refractivity contribution in [1.82, 2.24) is 5.43 Å². The zero-order valence-electron chi connectivity index (χ0n) is 10.7. The lowest BCUT2D eigenvalue weighted by Gasteiger charge is -2.19. The standard InChI is InChI=1S/C14H13BrFIN2O/c1-20-9-3-4-10(12(16)7-9)14(19-18)11-6-8(15)2-5-13(11)17/h2-7,14,19H,18H2,1H3. The number of methoxy groups -OCH3 is 1. The van der Waals surface area contributed by atoms with Crippen molar-refractivity contribution >= 4 is 38.5 Å². The summed E-state index contributed by atoms with van der Waals surface area (Å²) in [5.41, 5.74) is 4.06. The van der Waals surface area contributed by atoms with Crippen LogP contribution in [-0.4, -0.2) is 7.11 Å². The largest absolute Gasteiger partial charge is 0.497 e. The lowest BCUT2D eigenvalue weighted by Crippen LogP contribution is -2.30. The molecule has 3 N–H and O–H groups in total. The maximum absolute atomic E-state index is 14.2. The average Bonchev–Trinajstić information content (AvgIpc) is 2.44. The zero-order valence-corrected chi connectivity index (χ0v) is 14.4. The van der Waals surface area contributed by atoms with Crippen molar-refractivity contribution in [3.63, 3.8) is 0 Å². The molecule has 0 radical (unpaired) electrons. The third-order valence-corrected chi connectivity index (χ3v) is 4.43. The Balaban J connectivity index is 2.49. The van der Waals surface area contributed by atoms with Gasteiger partial charge in [0.2, 0.25) is 0 Å². The van der Waals surface area contributed by atoms with Crippen molar-refractivity contribution < 1.29 is 9.13 Å². The Morgan fingerprint density at radius 2 is 2.00 bits per heavy atom. The zero-order chi connectivity index (χ0) is 14.7. The summed E-state index contributed by atoms with van der Waals surface area (Å²) < 4.78 is 21.1. The van der Waals surface area contributed by atoms with E-state index in [-0.39, 0.29) is 5.82 Å². The number of benzene rings is 2. The van der Waals surface area contributed by atoms with Crippen LogP contribution in [0.3, 0.4) is 0 Å². The molecule has 6 heteroatoms. The third-order valence-electron chi connectivity index (χ3n) is 2.95. The highest BCUT2D eigenvalue weighted by atomic mass is 127. The van der Waals surface area contributed by atoms with Gasteiger partial charge in [0.1, 0.15) is 11.6 Å². The van der Waals surface area contributed by atoms with E-state index in [1.807, 2.05) is 18.2 Å². The van der Waals surface area contributed by atoms with Gasteiger partial charge in [0.05, 0.1) is 13.2 Å². The summed E-state index contributed by atoms with van der Waals surface area (Å²) >= 11 is 5.63. The molecule has 0 aliphatic rings. The molecule has 1 atom stereocenters. The van der Waals surface area contributed by atoms with E-state index < -0.39 is 6.04 Å². The van der Waals surface area contributed by atoms with Crippen LogP contribution in [0.4, 0.5) is 4.39 Å². The Kier molecular flexibility index (Phi) is 5.36. The Bertz CT molecular complexity index is 624. The van der Waals surface area contributed by atoms with Gasteiger partial charge in [-0.05, 0) is 52.4 Å². The summed E-state index contributed by atoms with van der Waals surface area (Å²) in [6.45, 7) is 0. The summed E-state index contributed by atoms with van der Waals surface area (Å²) in [5.74, 6) is 5.75. The lowest BCUT2D eigenvalue weighted by atomic mass is 9.99. The van der Waals surface area contributed by atoms with E-state index >= 15 is 0 Å². The number of hydrogen-bond donors (Lipinski definition) is 2. The summed E-state index contributed by atoms with van der Waals surface area (Å²) in [7, 11) is 1.50. The van der Waals surface area contributed by atoms with Crippen LogP contribution in [0, 0.1) is 9.39 Å². The minimum Gasteiger partial charge on any atom is -0.497 e. The van der Waals surface area contributed by atoms with Gasteiger partial charge in [-0.25, -0.2) is 9.82 Å². The number of halogens is 3. The minimum absolute atomic E-state index is 0.358. The van der Waals surface area contributed by atoms with E-state index in [4.69, 9.17) is 10.6 Å². The third kappa shape index (κ3) is 3.30. The van der Waals surface area contributed by atoms with Crippen LogP contribution in [-0.2, 0) is 0 Å². The number of nitrogens with one attached hydrogen (secondary N) is 1. The minimum atomic E-state index is -0.426. The van der Waals surface area contributed by atoms with Gasteiger partial charge in [-0.1, -0.05) is 22.0 Å². The smallest absolute Gasteiger partial charge is 0.132 e. The van der Waals surface area contributed by atoms with Crippen molar-refractivity contribution in [2.75, 3.05) is 7.11 Å². The molecule has 20 heavy (non-hydrogen) atoms. The van der Waals surface area contributed by atoms with Crippen LogP contribution in [0.1, 0.15) is 17.2 Å². The van der Waals surface area contributed by atoms with Crippen molar-refractivity contribution in [3.05, 3.63) is 61.4 Å². The van der Waals surface area contributed by atoms with Gasteiger partial charge in [-0.15, -0.1) is 0 Å². The number of rotatable bonds is 4. The molecule has 0 aliphatic heterocycles. The van der Waals surface area contributed by atoms with Gasteiger partial charge in [-0.2, -0.15) is 0 Å². The fourth-order valence-corrected chi connectivity index (χ4v) is 2.98. The molecule has 0 fully saturated rings. The second kappa shape index (κ2) is 6.84. The van der Waals surface area contributed by atoms with Crippen LogP contribution in [0.15, 0.2) is 40.9 Å². The molecule has 0 aliphatic carbocycles. The van der Waals surface area contributed by atoms with E-state index in [9.17, 15) is 4.39 Å². The SMILES string of the molecule is COc1ccc(C(NN)c2cc(Br)ccc2I)c(F)c1. The predicted molar refractivity (Wildman–Crippen MR) is 89.0 cm³/mol. The second-order valence-corrected chi connectivity index (χ2v) is 6.23. The molecular weight excluding hydrogens is 438 g/mol. The predicted octanol–water partition coefficient (Wildman–Crippen LogP) is 3.75. The topological polar surface area (TPSA) is 47.3 Å². The Labute approximate surface area is 138 Å². The second-order valence-electron chi connectivity index (χ2n) is 4.15. The Morgan fingerprint density at radius 3 is 2.60 bits per heavy atom. The molecule has 2 rings (SSSR count). The number of ether oxygens (including phenoxy) is 1. The average molecular weight is 451 g/mol. The fraction of sp³-hybridized carbons (Fsp3) is 0.143. The van der Waals surface area contributed by atoms with Gasteiger partial charge >= 0.3 is 0 Å². The molecule has 0 bridgehead atoms. The van der Waals surface area contributed by atoms with Crippen LogP contribution < -0.4 is 16.0 Å². The molecule has 0 saturated carbocycles. The number of hydrazine groups is 1. The first-order valence-electron chi connectivity index (χ1n) is 5.81. The first kappa shape index (κ1) is 15.7. The van der Waals surface area contributed by atoms with Gasteiger partial charge in [0.25, 0.3) is 0 Å². The molecular formula is C14H13BrFIN2O. The lowest BCUT2D eigenvalue weighted by molar-refractivity contribution is 0.410. The first-order valence-corrected chi connectivity index (χ1v) is 7.68. The van der Waals surface area contributed by atoms with Crippen molar-refractivity contribution in [1.29, 1.82) is 0 Å². The van der Waals surface area contributed by atoms with Crippen molar-refractivity contribution in [2.45, 2.75) is 6.04 Å². The first-order chi connectivity index (χ1) is 9.56. The summed E-state index contributed by atoms with van der Waals surface area (Å²) in [4.78, 5) is 0. The molecule has 2 aromatic carbocycles. The Hall–Kier alpha value is -0.700. The summed E-state index contributed by atoms with van der Waals surface area (Å²) in [6.07, 6.45) is 0. The van der Waals surface area contributed by atoms with Gasteiger partial charge in [-0.3, -0.25) is 5.84 Å². The van der Waals surface area contributed by atoms with Crippen LogP contribution in [0.25, 0.3) is 0 Å². The number of nitrogens with two attached hydrogens (primary N) is 1. The Morgan fingerprint density at radius 1 is 1.25 bits per heavy atom. The normalized spacial score (nSPS) is 12.2. The highest BCUT2D eigenvalue weighted by Gasteiger charge is 2.19. The summed E-state index contributed by atoms with van der Waals surface area (Å²) in [6, 6.07) is 10.1. The van der Waals surface area contributed by atoms with E-state index in [1.165, 1.54) is 13.2 Å². The molecule has 1 unspecified atom stereocenters. The van der Waals surface area contributed by atoms with Gasteiger partial charge in [0, 0.05) is 19.7 Å². The van der Waals surface area contributed by atoms with E-state index in [1.54, 1.807) is 12.1 Å². The maximum atomic E-state index is 14.2. The molecule has 0 heterocycles. The van der Waals surface area contributed by atoms with Gasteiger partial charge < -0.3 is 4.74 Å². The molecule has 0 amide bonds. The quantitative estimate of drug-likeness (QED) is 0.423. The maximum Gasteiger partial charge on any atom is 0.132 e. The van der Waals surface area contributed by atoms with Crippen LogP contribution in [0.2, 0.25) is 0 Å². The molecule has 3 nitrogen and oxygen atoms in total. The van der Waals surface area contributed by atoms with Crippen molar-refractivity contribution in [2.24, 2.45) is 5.84 Å². The molecule has 0 aromatic heterocycles. The van der Waals surface area contributed by atoms with Gasteiger partial charge in [0.15, 0.2) is 0 Å². The van der Waals surface area contributed by atoms with E-state index in [0.29, 0.717) is 11.3 Å². The monoisotopic (exact) mass is 450 g/mol. The highest BCUT2D eigenvalue weighted by molar-refractivity contribution is 14.1. The van der Waals surface area contributed by atoms with Crippen LogP contribution in [0.5, 0.6) is 5.75 Å². The molecule has 2 aromatic rings. The van der Waals surface area contributed by atoms with E-state index in [0.717, 1.165) is 13.6 Å². The molecule has 0 spiro atoms. The summed E-state index contributed by atoms with van der Waals surface area (Å²) in [5, 5.41) is 0. The highest BCUT2D eigenvalue weighted by Crippen LogP contribution is 2.31. The fourth-order valence-electron chi connectivity index (χ4n) is 1.95. The molecule has 0 saturated heterocycles. The number of hydrogen-bond acceptors (Lipinski definition) is 3.